The molecule has 3 atom stereocenters. The number of hydrogen-bond donors (Lipinski definition) is 1. The van der Waals surface area contributed by atoms with Crippen LogP contribution in [0.2, 0.25) is 0 Å². The smallest absolute Gasteiger partial charge is 0.410 e. The van der Waals surface area contributed by atoms with Crippen molar-refractivity contribution < 1.29 is 24.1 Å². The Hall–Kier alpha value is -1.79. The summed E-state index contributed by atoms with van der Waals surface area (Å²) in [5.74, 6) is 0.902. The van der Waals surface area contributed by atoms with E-state index in [2.05, 4.69) is 6.07 Å². The Morgan fingerprint density at radius 2 is 2.04 bits per heavy atom. The second-order valence-corrected chi connectivity index (χ2v) is 8.07. The molecule has 2 rings (SSSR count). The number of methoxy groups -OCH3 is 1. The molecule has 1 aromatic rings. The molecule has 1 aliphatic heterocycles. The maximum Gasteiger partial charge on any atom is 0.410 e. The Bertz CT molecular complexity index is 613. The molecule has 1 heterocycles. The average Bonchev–Trinajstić information content (AvgIpc) is 2.60. The van der Waals surface area contributed by atoms with Gasteiger partial charge in [-0.25, -0.2) is 4.79 Å². The molecule has 0 aromatic heterocycles. The predicted octanol–water partition coefficient (Wildman–Crippen LogP) is 3.43. The summed E-state index contributed by atoms with van der Waals surface area (Å²) in [7, 11) is 1.64. The zero-order chi connectivity index (χ0) is 20.0. The second-order valence-electron chi connectivity index (χ2n) is 8.07. The number of piperidine rings is 1. The fourth-order valence-electron chi connectivity index (χ4n) is 3.61. The standard InChI is InChI=1S/C21H33NO5/c1-15-19(14-23)18(9-10-22(15)20(24)27-21(2,3)4)16-7-6-8-17(13-16)26-12-11-25-5/h6-8,13,15,18-19,23H,9-12,14H2,1-5H3. The Morgan fingerprint density at radius 3 is 2.67 bits per heavy atom. The van der Waals surface area contributed by atoms with Crippen molar-refractivity contribution in [1.82, 2.24) is 4.90 Å². The fraction of sp³-hybridized carbons (Fsp3) is 0.667. The van der Waals surface area contributed by atoms with Gasteiger partial charge in [0, 0.05) is 32.2 Å². The number of benzene rings is 1. The third-order valence-corrected chi connectivity index (χ3v) is 4.99. The number of carbonyl (C=O) groups excluding carboxylic acids is 1. The van der Waals surface area contributed by atoms with Gasteiger partial charge < -0.3 is 24.2 Å². The van der Waals surface area contributed by atoms with Gasteiger partial charge in [-0.15, -0.1) is 0 Å². The predicted molar refractivity (Wildman–Crippen MR) is 104 cm³/mol. The highest BCUT2D eigenvalue weighted by Crippen LogP contribution is 2.38. The number of carbonyl (C=O) groups is 1. The maximum atomic E-state index is 12.5. The molecule has 0 spiro atoms. The van der Waals surface area contributed by atoms with E-state index in [1.807, 2.05) is 45.9 Å². The van der Waals surface area contributed by atoms with Gasteiger partial charge in [0.25, 0.3) is 0 Å². The lowest BCUT2D eigenvalue weighted by Gasteiger charge is -2.43. The summed E-state index contributed by atoms with van der Waals surface area (Å²) in [6.07, 6.45) is 0.458. The van der Waals surface area contributed by atoms with Crippen LogP contribution in [0, 0.1) is 5.92 Å². The molecule has 0 aliphatic carbocycles. The van der Waals surface area contributed by atoms with E-state index in [1.165, 1.54) is 0 Å². The number of amides is 1. The van der Waals surface area contributed by atoms with Crippen molar-refractivity contribution in [3.05, 3.63) is 29.8 Å². The summed E-state index contributed by atoms with van der Waals surface area (Å²) in [6, 6.07) is 7.87. The van der Waals surface area contributed by atoms with Crippen LogP contribution in [0.25, 0.3) is 0 Å². The minimum atomic E-state index is -0.532. The average molecular weight is 379 g/mol. The molecule has 27 heavy (non-hydrogen) atoms. The molecular formula is C21H33NO5. The molecule has 6 heteroatoms. The summed E-state index contributed by atoms with van der Waals surface area (Å²) in [5.41, 5.74) is 0.593. The zero-order valence-corrected chi connectivity index (χ0v) is 17.1. The van der Waals surface area contributed by atoms with Gasteiger partial charge in [0.15, 0.2) is 0 Å². The summed E-state index contributed by atoms with van der Waals surface area (Å²) in [5, 5.41) is 10.0. The molecule has 1 aliphatic rings. The molecule has 152 valence electrons. The third-order valence-electron chi connectivity index (χ3n) is 4.99. The van der Waals surface area contributed by atoms with Gasteiger partial charge >= 0.3 is 6.09 Å². The topological polar surface area (TPSA) is 68.2 Å². The first-order valence-corrected chi connectivity index (χ1v) is 9.59. The summed E-state index contributed by atoms with van der Waals surface area (Å²) in [6.45, 7) is 9.22. The van der Waals surface area contributed by atoms with Crippen LogP contribution >= 0.6 is 0 Å². The van der Waals surface area contributed by atoms with Gasteiger partial charge in [-0.05, 0) is 57.7 Å². The SMILES string of the molecule is COCCOc1cccc(C2CCN(C(=O)OC(C)(C)C)C(C)C2CO)c1. The van der Waals surface area contributed by atoms with Crippen molar-refractivity contribution in [2.24, 2.45) is 5.92 Å². The Morgan fingerprint density at radius 1 is 1.30 bits per heavy atom. The van der Waals surface area contributed by atoms with Crippen LogP contribution in [0.1, 0.15) is 45.6 Å². The van der Waals surface area contributed by atoms with E-state index in [9.17, 15) is 9.90 Å². The lowest BCUT2D eigenvalue weighted by Crippen LogP contribution is -2.52. The molecule has 1 aromatic carbocycles. The Labute approximate surface area is 162 Å². The monoisotopic (exact) mass is 379 g/mol. The summed E-state index contributed by atoms with van der Waals surface area (Å²) in [4.78, 5) is 14.3. The fourth-order valence-corrected chi connectivity index (χ4v) is 3.61. The molecular weight excluding hydrogens is 346 g/mol. The first kappa shape index (κ1) is 21.5. The van der Waals surface area contributed by atoms with Gasteiger partial charge in [-0.3, -0.25) is 0 Å². The van der Waals surface area contributed by atoms with Gasteiger partial charge in [-0.2, -0.15) is 0 Å². The molecule has 3 unspecified atom stereocenters. The van der Waals surface area contributed by atoms with Gasteiger partial charge in [0.2, 0.25) is 0 Å². The van der Waals surface area contributed by atoms with Crippen molar-refractivity contribution in [1.29, 1.82) is 0 Å². The van der Waals surface area contributed by atoms with Crippen molar-refractivity contribution in [3.8, 4) is 5.75 Å². The molecule has 6 nitrogen and oxygen atoms in total. The molecule has 1 amide bonds. The highest BCUT2D eigenvalue weighted by atomic mass is 16.6. The van der Waals surface area contributed by atoms with Gasteiger partial charge in [0.05, 0.1) is 6.61 Å². The van der Waals surface area contributed by atoms with Crippen LogP contribution in [0.15, 0.2) is 24.3 Å². The number of aliphatic hydroxyl groups is 1. The maximum absolute atomic E-state index is 12.5. The second kappa shape index (κ2) is 9.42. The first-order valence-electron chi connectivity index (χ1n) is 9.59. The number of aliphatic hydroxyl groups excluding tert-OH is 1. The molecule has 0 radical (unpaired) electrons. The lowest BCUT2D eigenvalue weighted by molar-refractivity contribution is -0.00764. The Balaban J connectivity index is 2.11. The van der Waals surface area contributed by atoms with E-state index in [0.717, 1.165) is 17.7 Å². The highest BCUT2D eigenvalue weighted by molar-refractivity contribution is 5.68. The summed E-state index contributed by atoms with van der Waals surface area (Å²) >= 11 is 0. The quantitative estimate of drug-likeness (QED) is 0.767. The lowest BCUT2D eigenvalue weighted by atomic mass is 9.76. The van der Waals surface area contributed by atoms with Crippen molar-refractivity contribution in [2.75, 3.05) is 33.5 Å². The number of likely N-dealkylation sites (tertiary alicyclic amines) is 1. The minimum Gasteiger partial charge on any atom is -0.491 e. The Kier molecular flexibility index (Phi) is 7.50. The van der Waals surface area contributed by atoms with Crippen LogP contribution in [0.4, 0.5) is 4.79 Å². The summed E-state index contributed by atoms with van der Waals surface area (Å²) < 4.78 is 16.3. The number of nitrogens with zero attached hydrogens (tertiary/aromatic N) is 1. The third kappa shape index (κ3) is 5.84. The van der Waals surface area contributed by atoms with Gasteiger partial charge in [0.1, 0.15) is 18.0 Å². The van der Waals surface area contributed by atoms with E-state index >= 15 is 0 Å². The highest BCUT2D eigenvalue weighted by Gasteiger charge is 2.39. The largest absolute Gasteiger partial charge is 0.491 e. The first-order chi connectivity index (χ1) is 12.8. The van der Waals surface area contributed by atoms with Crippen LogP contribution in [0.3, 0.4) is 0 Å². The molecule has 0 saturated carbocycles. The molecule has 0 bridgehead atoms. The van der Waals surface area contributed by atoms with E-state index in [1.54, 1.807) is 12.0 Å². The molecule has 1 N–H and O–H groups in total. The van der Waals surface area contributed by atoms with Crippen molar-refractivity contribution in [2.45, 2.75) is 51.7 Å². The van der Waals surface area contributed by atoms with Gasteiger partial charge in [-0.1, -0.05) is 12.1 Å². The van der Waals surface area contributed by atoms with Crippen LogP contribution in [-0.2, 0) is 9.47 Å². The normalized spacial score (nSPS) is 23.2. The van der Waals surface area contributed by atoms with E-state index in [0.29, 0.717) is 19.8 Å². The van der Waals surface area contributed by atoms with E-state index in [4.69, 9.17) is 14.2 Å². The number of rotatable bonds is 6. The van der Waals surface area contributed by atoms with Crippen molar-refractivity contribution in [3.63, 3.8) is 0 Å². The van der Waals surface area contributed by atoms with Crippen molar-refractivity contribution >= 4 is 6.09 Å². The van der Waals surface area contributed by atoms with Crippen LogP contribution in [-0.4, -0.2) is 61.2 Å². The minimum absolute atomic E-state index is 0.0138. The van der Waals surface area contributed by atoms with Crippen LogP contribution < -0.4 is 4.74 Å². The molecule has 1 fully saturated rings. The van der Waals surface area contributed by atoms with E-state index in [-0.39, 0.29) is 30.6 Å². The molecule has 1 saturated heterocycles. The number of ether oxygens (including phenoxy) is 3. The zero-order valence-electron chi connectivity index (χ0n) is 17.1. The number of hydrogen-bond acceptors (Lipinski definition) is 5. The van der Waals surface area contributed by atoms with E-state index < -0.39 is 5.60 Å². The van der Waals surface area contributed by atoms with Crippen LogP contribution in [0.5, 0.6) is 5.75 Å².